The van der Waals surface area contributed by atoms with Crippen molar-refractivity contribution >= 4 is 11.9 Å². The lowest BCUT2D eigenvalue weighted by atomic mass is 9.96. The minimum Gasteiger partial charge on any atom is -0.338 e. The number of hydrogen-bond acceptors (Lipinski definition) is 4. The van der Waals surface area contributed by atoms with Crippen molar-refractivity contribution in [1.82, 2.24) is 20.4 Å². The standard InChI is InChI=1S/C19H36N4O2/c1-16(2)13-20-19(25)21-18(24)15-23-11-7-17(8-12-23)14-22-9-5-3-4-6-10-22/h16-17H,3-15H2,1-2H3,(H2,20,21,24,25). The van der Waals surface area contributed by atoms with Gasteiger partial charge in [0.2, 0.25) is 5.91 Å². The molecular formula is C19H36N4O2. The number of urea groups is 1. The smallest absolute Gasteiger partial charge is 0.321 e. The van der Waals surface area contributed by atoms with Gasteiger partial charge in [-0.2, -0.15) is 0 Å². The van der Waals surface area contributed by atoms with Gasteiger partial charge in [0.05, 0.1) is 6.54 Å². The molecule has 2 N–H and O–H groups in total. The van der Waals surface area contributed by atoms with Gasteiger partial charge in [0, 0.05) is 13.1 Å². The topological polar surface area (TPSA) is 64.7 Å². The highest BCUT2D eigenvalue weighted by Crippen LogP contribution is 2.20. The van der Waals surface area contributed by atoms with Crippen molar-refractivity contribution in [3.05, 3.63) is 0 Å². The Kier molecular flexibility index (Phi) is 8.68. The summed E-state index contributed by atoms with van der Waals surface area (Å²) in [7, 11) is 0. The number of nitrogens with one attached hydrogen (secondary N) is 2. The minimum atomic E-state index is -0.380. The lowest BCUT2D eigenvalue weighted by molar-refractivity contribution is -0.121. The maximum atomic E-state index is 12.0. The number of piperidine rings is 1. The van der Waals surface area contributed by atoms with Crippen LogP contribution < -0.4 is 10.6 Å². The SMILES string of the molecule is CC(C)CNC(=O)NC(=O)CN1CCC(CN2CCCCCC2)CC1. The van der Waals surface area contributed by atoms with E-state index >= 15 is 0 Å². The molecule has 6 heteroatoms. The summed E-state index contributed by atoms with van der Waals surface area (Å²) in [6.45, 7) is 10.6. The van der Waals surface area contributed by atoms with Crippen LogP contribution in [-0.4, -0.2) is 67.6 Å². The first-order valence-corrected chi connectivity index (χ1v) is 10.1. The van der Waals surface area contributed by atoms with Crippen LogP contribution in [0.5, 0.6) is 0 Å². The molecule has 0 aromatic rings. The molecule has 2 aliphatic rings. The van der Waals surface area contributed by atoms with E-state index < -0.39 is 0 Å². The van der Waals surface area contributed by atoms with E-state index in [1.165, 1.54) is 45.3 Å². The van der Waals surface area contributed by atoms with E-state index in [0.29, 0.717) is 19.0 Å². The first-order chi connectivity index (χ1) is 12.0. The molecule has 2 aliphatic heterocycles. The number of likely N-dealkylation sites (tertiary alicyclic amines) is 2. The number of carbonyl (C=O) groups is 2. The number of nitrogens with zero attached hydrogens (tertiary/aromatic N) is 2. The van der Waals surface area contributed by atoms with E-state index in [9.17, 15) is 9.59 Å². The molecule has 2 rings (SSSR count). The predicted molar refractivity (Wildman–Crippen MR) is 100 cm³/mol. The number of rotatable bonds is 6. The molecule has 0 spiro atoms. The molecule has 0 atom stereocenters. The lowest BCUT2D eigenvalue weighted by Crippen LogP contribution is -2.47. The second-order valence-corrected chi connectivity index (χ2v) is 8.09. The molecule has 0 radical (unpaired) electrons. The normalized spacial score (nSPS) is 21.1. The fourth-order valence-corrected chi connectivity index (χ4v) is 3.72. The summed E-state index contributed by atoms with van der Waals surface area (Å²) in [5, 5.41) is 5.14. The summed E-state index contributed by atoms with van der Waals surface area (Å²) in [4.78, 5) is 28.4. The third-order valence-electron chi connectivity index (χ3n) is 5.21. The zero-order valence-electron chi connectivity index (χ0n) is 16.1. The van der Waals surface area contributed by atoms with Crippen molar-refractivity contribution in [3.63, 3.8) is 0 Å². The van der Waals surface area contributed by atoms with Gasteiger partial charge in [0.15, 0.2) is 0 Å². The second kappa shape index (κ2) is 10.8. The first kappa shape index (κ1) is 20.2. The molecule has 3 amide bonds. The number of amides is 3. The third kappa shape index (κ3) is 8.19. The van der Waals surface area contributed by atoms with Crippen molar-refractivity contribution in [2.24, 2.45) is 11.8 Å². The van der Waals surface area contributed by atoms with Crippen molar-refractivity contribution in [3.8, 4) is 0 Å². The van der Waals surface area contributed by atoms with Crippen molar-refractivity contribution < 1.29 is 9.59 Å². The highest BCUT2D eigenvalue weighted by Gasteiger charge is 2.23. The molecule has 25 heavy (non-hydrogen) atoms. The van der Waals surface area contributed by atoms with Gasteiger partial charge < -0.3 is 10.2 Å². The third-order valence-corrected chi connectivity index (χ3v) is 5.21. The first-order valence-electron chi connectivity index (χ1n) is 10.1. The van der Waals surface area contributed by atoms with E-state index in [0.717, 1.165) is 31.8 Å². The average Bonchev–Trinajstić information content (AvgIpc) is 2.83. The molecule has 0 unspecified atom stereocenters. The van der Waals surface area contributed by atoms with Crippen LogP contribution >= 0.6 is 0 Å². The Morgan fingerprint density at radius 2 is 1.60 bits per heavy atom. The summed E-state index contributed by atoms with van der Waals surface area (Å²) in [5.74, 6) is 0.933. The summed E-state index contributed by atoms with van der Waals surface area (Å²) in [6, 6.07) is -0.380. The molecular weight excluding hydrogens is 316 g/mol. The van der Waals surface area contributed by atoms with Gasteiger partial charge >= 0.3 is 6.03 Å². The van der Waals surface area contributed by atoms with Crippen LogP contribution in [0.15, 0.2) is 0 Å². The molecule has 0 aliphatic carbocycles. The lowest BCUT2D eigenvalue weighted by Gasteiger charge is -2.34. The van der Waals surface area contributed by atoms with E-state index in [1.807, 2.05) is 13.8 Å². The molecule has 0 aromatic heterocycles. The van der Waals surface area contributed by atoms with E-state index in [2.05, 4.69) is 20.4 Å². The molecule has 0 saturated carbocycles. The fraction of sp³-hybridized carbons (Fsp3) is 0.895. The Morgan fingerprint density at radius 1 is 0.960 bits per heavy atom. The molecule has 144 valence electrons. The van der Waals surface area contributed by atoms with Crippen molar-refractivity contribution in [2.75, 3.05) is 45.8 Å². The Morgan fingerprint density at radius 3 is 2.20 bits per heavy atom. The van der Waals surface area contributed by atoms with Crippen molar-refractivity contribution in [2.45, 2.75) is 52.4 Å². The van der Waals surface area contributed by atoms with Gasteiger partial charge in [-0.3, -0.25) is 15.0 Å². The number of carbonyl (C=O) groups excluding carboxylic acids is 2. The Balaban J connectivity index is 1.61. The van der Waals surface area contributed by atoms with Crippen LogP contribution in [0, 0.1) is 11.8 Å². The average molecular weight is 353 g/mol. The number of hydrogen-bond donors (Lipinski definition) is 2. The zero-order valence-corrected chi connectivity index (χ0v) is 16.1. The Labute approximate surface area is 152 Å². The quantitative estimate of drug-likeness (QED) is 0.768. The van der Waals surface area contributed by atoms with Crippen LogP contribution in [-0.2, 0) is 4.79 Å². The minimum absolute atomic E-state index is 0.202. The number of imide groups is 1. The highest BCUT2D eigenvalue weighted by atomic mass is 16.2. The van der Waals surface area contributed by atoms with Gasteiger partial charge in [0.25, 0.3) is 0 Å². The molecule has 2 saturated heterocycles. The van der Waals surface area contributed by atoms with Crippen molar-refractivity contribution in [1.29, 1.82) is 0 Å². The summed E-state index contributed by atoms with van der Waals surface area (Å²) >= 11 is 0. The summed E-state index contributed by atoms with van der Waals surface area (Å²) in [6.07, 6.45) is 7.77. The zero-order chi connectivity index (χ0) is 18.1. The molecule has 6 nitrogen and oxygen atoms in total. The summed E-state index contributed by atoms with van der Waals surface area (Å²) in [5.41, 5.74) is 0. The molecule has 0 aromatic carbocycles. The second-order valence-electron chi connectivity index (χ2n) is 8.09. The van der Waals surface area contributed by atoms with Crippen LogP contribution in [0.1, 0.15) is 52.4 Å². The Bertz CT molecular complexity index is 412. The van der Waals surface area contributed by atoms with Crippen LogP contribution in [0.2, 0.25) is 0 Å². The molecule has 0 bridgehead atoms. The van der Waals surface area contributed by atoms with Gasteiger partial charge in [-0.1, -0.05) is 26.7 Å². The highest BCUT2D eigenvalue weighted by molar-refractivity contribution is 5.95. The van der Waals surface area contributed by atoms with Crippen LogP contribution in [0.4, 0.5) is 4.79 Å². The fourth-order valence-electron chi connectivity index (χ4n) is 3.72. The van der Waals surface area contributed by atoms with E-state index in [-0.39, 0.29) is 11.9 Å². The van der Waals surface area contributed by atoms with Gasteiger partial charge in [-0.25, -0.2) is 4.79 Å². The molecule has 2 fully saturated rings. The van der Waals surface area contributed by atoms with E-state index in [4.69, 9.17) is 0 Å². The Hall–Kier alpha value is -1.14. The van der Waals surface area contributed by atoms with Gasteiger partial charge in [-0.15, -0.1) is 0 Å². The largest absolute Gasteiger partial charge is 0.338 e. The maximum absolute atomic E-state index is 12.0. The summed E-state index contributed by atoms with van der Waals surface area (Å²) < 4.78 is 0. The van der Waals surface area contributed by atoms with E-state index in [1.54, 1.807) is 0 Å². The maximum Gasteiger partial charge on any atom is 0.321 e. The predicted octanol–water partition coefficient (Wildman–Crippen LogP) is 2.06. The van der Waals surface area contributed by atoms with Crippen LogP contribution in [0.3, 0.4) is 0 Å². The van der Waals surface area contributed by atoms with Gasteiger partial charge in [0.1, 0.15) is 0 Å². The van der Waals surface area contributed by atoms with Gasteiger partial charge in [-0.05, 0) is 63.7 Å². The monoisotopic (exact) mass is 352 g/mol. The van der Waals surface area contributed by atoms with Crippen LogP contribution in [0.25, 0.3) is 0 Å². The molecule has 2 heterocycles.